The quantitative estimate of drug-likeness (QED) is 0.690. The molecular weight excluding hydrogens is 369 g/mol. The Morgan fingerprint density at radius 1 is 1.21 bits per heavy atom. The lowest BCUT2D eigenvalue weighted by Crippen LogP contribution is -2.37. The number of carbonyl (C=O) groups is 1. The molecular formula is C20H25F3N4O. The topological polar surface area (TPSA) is 41.4 Å². The summed E-state index contributed by atoms with van der Waals surface area (Å²) in [6.45, 7) is 1.64. The average Bonchev–Trinajstić information content (AvgIpc) is 3.39. The summed E-state index contributed by atoms with van der Waals surface area (Å²) in [6, 6.07) is 5.55. The minimum Gasteiger partial charge on any atom is -0.334 e. The highest BCUT2D eigenvalue weighted by Crippen LogP contribution is 2.33. The summed E-state index contributed by atoms with van der Waals surface area (Å²) >= 11 is 0. The van der Waals surface area contributed by atoms with Crippen molar-refractivity contribution in [3.8, 4) is 0 Å². The summed E-state index contributed by atoms with van der Waals surface area (Å²) < 4.78 is 41.5. The van der Waals surface area contributed by atoms with Gasteiger partial charge in [0.05, 0.1) is 12.1 Å². The van der Waals surface area contributed by atoms with Crippen LogP contribution < -0.4 is 0 Å². The Hall–Kier alpha value is -2.35. The number of aromatic nitrogens is 2. The van der Waals surface area contributed by atoms with E-state index in [0.717, 1.165) is 25.5 Å². The van der Waals surface area contributed by atoms with Gasteiger partial charge in [-0.05, 0) is 38.6 Å². The first-order chi connectivity index (χ1) is 13.3. The van der Waals surface area contributed by atoms with E-state index in [1.165, 1.54) is 12.1 Å². The fourth-order valence-corrected chi connectivity index (χ4v) is 3.10. The molecule has 1 fully saturated rings. The molecule has 1 aliphatic carbocycles. The summed E-state index contributed by atoms with van der Waals surface area (Å²) in [5, 5.41) is 0. The molecule has 5 nitrogen and oxygen atoms in total. The first-order valence-corrected chi connectivity index (χ1v) is 9.34. The smallest absolute Gasteiger partial charge is 0.334 e. The molecule has 0 bridgehead atoms. The van der Waals surface area contributed by atoms with E-state index in [9.17, 15) is 18.0 Å². The van der Waals surface area contributed by atoms with Gasteiger partial charge in [0.25, 0.3) is 0 Å². The molecule has 1 aromatic heterocycles. The van der Waals surface area contributed by atoms with Crippen LogP contribution in [0.25, 0.3) is 0 Å². The second-order valence-corrected chi connectivity index (χ2v) is 7.46. The van der Waals surface area contributed by atoms with E-state index >= 15 is 0 Å². The number of rotatable bonds is 8. The van der Waals surface area contributed by atoms with Crippen LogP contribution in [0.5, 0.6) is 0 Å². The molecule has 3 rings (SSSR count). The summed E-state index contributed by atoms with van der Waals surface area (Å²) in [7, 11) is 3.88. The average molecular weight is 394 g/mol. The van der Waals surface area contributed by atoms with Gasteiger partial charge in [0.1, 0.15) is 5.82 Å². The van der Waals surface area contributed by atoms with Crippen molar-refractivity contribution in [3.05, 3.63) is 53.6 Å². The van der Waals surface area contributed by atoms with E-state index in [4.69, 9.17) is 0 Å². The molecule has 0 N–H and O–H groups in total. The van der Waals surface area contributed by atoms with Gasteiger partial charge in [-0.2, -0.15) is 13.2 Å². The number of imidazole rings is 1. The number of alkyl halides is 3. The summed E-state index contributed by atoms with van der Waals surface area (Å²) in [6.07, 6.45) is 0.637. The number of halogens is 3. The van der Waals surface area contributed by atoms with Crippen LogP contribution in [0.4, 0.5) is 13.2 Å². The Bertz CT molecular complexity index is 812. The zero-order valence-electron chi connectivity index (χ0n) is 16.1. The number of amides is 1. The highest BCUT2D eigenvalue weighted by Gasteiger charge is 2.34. The molecule has 1 saturated carbocycles. The van der Waals surface area contributed by atoms with Crippen molar-refractivity contribution >= 4 is 5.91 Å². The third-order valence-corrected chi connectivity index (χ3v) is 4.85. The zero-order valence-corrected chi connectivity index (χ0v) is 16.1. The van der Waals surface area contributed by atoms with E-state index < -0.39 is 11.7 Å². The lowest BCUT2D eigenvalue weighted by Gasteiger charge is -2.25. The highest BCUT2D eigenvalue weighted by atomic mass is 19.4. The Morgan fingerprint density at radius 2 is 1.93 bits per heavy atom. The fourth-order valence-electron chi connectivity index (χ4n) is 3.10. The van der Waals surface area contributed by atoms with Crippen LogP contribution >= 0.6 is 0 Å². The maximum Gasteiger partial charge on any atom is 0.416 e. The molecule has 2 aromatic rings. The second kappa shape index (κ2) is 8.34. The van der Waals surface area contributed by atoms with Crippen molar-refractivity contribution in [2.24, 2.45) is 5.92 Å². The first-order valence-electron chi connectivity index (χ1n) is 9.34. The standard InChI is InChI=1S/C20H25F3N4O/c1-25(2)11-12-27(19(28)15-7-8-15)14-18-24-9-10-26(18)13-16-5-3-4-6-17(16)20(21,22)23/h3-6,9-10,15H,7-8,11-14H2,1-2H3. The molecule has 8 heteroatoms. The van der Waals surface area contributed by atoms with Crippen LogP contribution in [-0.4, -0.2) is 52.4 Å². The first kappa shape index (κ1) is 20.4. The summed E-state index contributed by atoms with van der Waals surface area (Å²) in [5.41, 5.74) is -0.462. The van der Waals surface area contributed by atoms with Gasteiger partial charge in [0.15, 0.2) is 0 Å². The molecule has 152 valence electrons. The van der Waals surface area contributed by atoms with Crippen molar-refractivity contribution in [3.63, 3.8) is 0 Å². The summed E-state index contributed by atoms with van der Waals surface area (Å²) in [4.78, 5) is 20.7. The van der Waals surface area contributed by atoms with Gasteiger partial charge in [-0.1, -0.05) is 18.2 Å². The SMILES string of the molecule is CN(C)CCN(Cc1nccn1Cc1ccccc1C(F)(F)F)C(=O)C1CC1. The maximum atomic E-state index is 13.3. The molecule has 0 atom stereocenters. The zero-order chi connectivity index (χ0) is 20.3. The van der Waals surface area contributed by atoms with Gasteiger partial charge in [0.2, 0.25) is 5.91 Å². The number of benzene rings is 1. The molecule has 1 heterocycles. The minimum atomic E-state index is -4.41. The van der Waals surface area contributed by atoms with Crippen molar-refractivity contribution < 1.29 is 18.0 Å². The third-order valence-electron chi connectivity index (χ3n) is 4.85. The lowest BCUT2D eigenvalue weighted by molar-refractivity contribution is -0.138. The molecule has 1 aromatic carbocycles. The molecule has 1 amide bonds. The van der Waals surface area contributed by atoms with E-state index in [2.05, 4.69) is 4.98 Å². The van der Waals surface area contributed by atoms with E-state index in [0.29, 0.717) is 18.9 Å². The molecule has 28 heavy (non-hydrogen) atoms. The molecule has 0 spiro atoms. The van der Waals surface area contributed by atoms with Gasteiger partial charge in [0, 0.05) is 37.9 Å². The van der Waals surface area contributed by atoms with E-state index in [-0.39, 0.29) is 23.9 Å². The maximum absolute atomic E-state index is 13.3. The van der Waals surface area contributed by atoms with Gasteiger partial charge in [-0.15, -0.1) is 0 Å². The van der Waals surface area contributed by atoms with E-state index in [1.807, 2.05) is 19.0 Å². The van der Waals surface area contributed by atoms with Gasteiger partial charge >= 0.3 is 6.18 Å². The summed E-state index contributed by atoms with van der Waals surface area (Å²) in [5.74, 6) is 0.772. The fraction of sp³-hybridized carbons (Fsp3) is 0.500. The predicted octanol–water partition coefficient (Wildman–Crippen LogP) is 3.25. The van der Waals surface area contributed by atoms with Crippen LogP contribution in [0, 0.1) is 5.92 Å². The van der Waals surface area contributed by atoms with Crippen LogP contribution in [0.3, 0.4) is 0 Å². The second-order valence-electron chi connectivity index (χ2n) is 7.46. The number of carbonyl (C=O) groups excluding carboxylic acids is 1. The molecule has 0 unspecified atom stereocenters. The third kappa shape index (κ3) is 5.13. The normalized spacial score (nSPS) is 14.5. The van der Waals surface area contributed by atoms with Crippen LogP contribution in [-0.2, 0) is 24.1 Å². The van der Waals surface area contributed by atoms with Crippen LogP contribution in [0.2, 0.25) is 0 Å². The molecule has 1 aliphatic rings. The number of likely N-dealkylation sites (N-methyl/N-ethyl adjacent to an activating group) is 1. The highest BCUT2D eigenvalue weighted by molar-refractivity contribution is 5.81. The molecule has 0 saturated heterocycles. The number of nitrogens with zero attached hydrogens (tertiary/aromatic N) is 4. The molecule has 0 radical (unpaired) electrons. The Labute approximate surface area is 162 Å². The van der Waals surface area contributed by atoms with Crippen LogP contribution in [0.15, 0.2) is 36.7 Å². The Morgan fingerprint density at radius 3 is 2.57 bits per heavy atom. The van der Waals surface area contributed by atoms with Crippen molar-refractivity contribution in [1.82, 2.24) is 19.4 Å². The predicted molar refractivity (Wildman–Crippen MR) is 99.5 cm³/mol. The Balaban J connectivity index is 1.78. The lowest BCUT2D eigenvalue weighted by atomic mass is 10.1. The number of hydrogen-bond donors (Lipinski definition) is 0. The monoisotopic (exact) mass is 394 g/mol. The van der Waals surface area contributed by atoms with E-state index in [1.54, 1.807) is 27.9 Å². The number of hydrogen-bond acceptors (Lipinski definition) is 3. The van der Waals surface area contributed by atoms with Crippen molar-refractivity contribution in [2.45, 2.75) is 32.1 Å². The largest absolute Gasteiger partial charge is 0.416 e. The van der Waals surface area contributed by atoms with Crippen molar-refractivity contribution in [2.75, 3.05) is 27.2 Å². The van der Waals surface area contributed by atoms with Gasteiger partial charge in [-0.3, -0.25) is 4.79 Å². The van der Waals surface area contributed by atoms with Crippen LogP contribution in [0.1, 0.15) is 29.8 Å². The van der Waals surface area contributed by atoms with Gasteiger partial charge < -0.3 is 14.4 Å². The molecule has 0 aliphatic heterocycles. The van der Waals surface area contributed by atoms with Gasteiger partial charge in [-0.25, -0.2) is 4.98 Å². The Kier molecular flexibility index (Phi) is 6.07. The minimum absolute atomic E-state index is 0.0597. The van der Waals surface area contributed by atoms with Crippen molar-refractivity contribution in [1.29, 1.82) is 0 Å².